The summed E-state index contributed by atoms with van der Waals surface area (Å²) in [5.74, 6) is 0. The third kappa shape index (κ3) is 4.25. The average Bonchev–Trinajstić information content (AvgIpc) is 2.17. The van der Waals surface area contributed by atoms with Gasteiger partial charge in [-0.1, -0.05) is 0 Å². The summed E-state index contributed by atoms with van der Waals surface area (Å²) in [6.45, 7) is 7.55. The minimum absolute atomic E-state index is 0.263. The Labute approximate surface area is 97.7 Å². The van der Waals surface area contributed by atoms with Crippen molar-refractivity contribution in [3.8, 4) is 0 Å². The van der Waals surface area contributed by atoms with Crippen LogP contribution in [0.5, 0.6) is 0 Å². The van der Waals surface area contributed by atoms with Gasteiger partial charge in [-0.05, 0) is 0 Å². The van der Waals surface area contributed by atoms with E-state index in [1.807, 2.05) is 0 Å². The zero-order chi connectivity index (χ0) is 11.9. The Hall–Kier alpha value is 0.139. The van der Waals surface area contributed by atoms with Gasteiger partial charge >= 0.3 is 97.8 Å². The normalized spacial score (nSPS) is 11.5. The summed E-state index contributed by atoms with van der Waals surface area (Å²) >= 11 is -3.09. The van der Waals surface area contributed by atoms with Crippen molar-refractivity contribution in [2.75, 3.05) is 0 Å². The van der Waals surface area contributed by atoms with Gasteiger partial charge in [0.1, 0.15) is 0 Å². The number of unbranched alkanes of at least 4 members (excludes halogenated alkanes) is 2. The molecule has 0 heterocycles. The second-order valence-electron chi connectivity index (χ2n) is 4.40. The molecule has 0 aromatic carbocycles. The molecule has 0 fully saturated rings. The molecule has 88 valence electrons. The molecule has 0 rings (SSSR count). The van der Waals surface area contributed by atoms with Crippen LogP contribution in [0.3, 0.4) is 0 Å². The van der Waals surface area contributed by atoms with E-state index in [-0.39, 0.29) is 7.60 Å². The minimum atomic E-state index is -3.09. The Morgan fingerprint density at radius 3 is 1.40 bits per heavy atom. The van der Waals surface area contributed by atoms with Crippen LogP contribution in [0.15, 0.2) is 0 Å². The molecule has 3 heteroatoms. The van der Waals surface area contributed by atoms with Crippen molar-refractivity contribution in [1.29, 1.82) is 0 Å². The number of carbonyl (C=O) groups is 2. The molecule has 0 atom stereocenters. The van der Waals surface area contributed by atoms with Crippen molar-refractivity contribution in [3.63, 3.8) is 0 Å². The summed E-state index contributed by atoms with van der Waals surface area (Å²) in [5.41, 5.74) is 0. The van der Waals surface area contributed by atoms with E-state index in [2.05, 4.69) is 13.8 Å². The van der Waals surface area contributed by atoms with Crippen LogP contribution < -0.4 is 0 Å². The van der Waals surface area contributed by atoms with Gasteiger partial charge in [0.2, 0.25) is 0 Å². The Balaban J connectivity index is 4.73. The Kier molecular flexibility index (Phi) is 7.49. The van der Waals surface area contributed by atoms with Crippen molar-refractivity contribution in [2.24, 2.45) is 0 Å². The quantitative estimate of drug-likeness (QED) is 0.644. The molecule has 0 bridgehead atoms. The molecule has 0 aliphatic carbocycles. The monoisotopic (exact) mass is 320 g/mol. The fraction of sp³-hybridized carbons (Fsp3) is 0.833. The zero-order valence-corrected chi connectivity index (χ0v) is 13.4. The summed E-state index contributed by atoms with van der Waals surface area (Å²) in [4.78, 5) is 23.6. The van der Waals surface area contributed by atoms with Gasteiger partial charge in [0.15, 0.2) is 0 Å². The molecule has 0 N–H and O–H groups in total. The molecule has 0 amide bonds. The summed E-state index contributed by atoms with van der Waals surface area (Å²) in [6, 6.07) is 0. The first-order valence-corrected chi connectivity index (χ1v) is 12.9. The predicted molar refractivity (Wildman–Crippen MR) is 66.5 cm³/mol. The molecule has 0 saturated heterocycles. The molecule has 0 spiro atoms. The van der Waals surface area contributed by atoms with Crippen molar-refractivity contribution in [3.05, 3.63) is 0 Å². The van der Waals surface area contributed by atoms with E-state index in [0.717, 1.165) is 34.6 Å². The first kappa shape index (κ1) is 15.1. The van der Waals surface area contributed by atoms with Crippen molar-refractivity contribution in [1.82, 2.24) is 0 Å². The van der Waals surface area contributed by atoms with E-state index >= 15 is 0 Å². The summed E-state index contributed by atoms with van der Waals surface area (Å²) in [5, 5.41) is 0. The summed E-state index contributed by atoms with van der Waals surface area (Å²) < 4.78 is 2.41. The molecule has 0 saturated carbocycles. The van der Waals surface area contributed by atoms with Crippen LogP contribution in [-0.2, 0) is 9.59 Å². The first-order valence-electron chi connectivity index (χ1n) is 6.03. The molecular formula is C12H24O2Sn. The molecule has 0 aliphatic rings. The zero-order valence-electron chi connectivity index (χ0n) is 10.6. The second-order valence-corrected chi connectivity index (χ2v) is 17.5. The number of carbonyl (C=O) groups excluding carboxylic acids is 2. The second kappa shape index (κ2) is 7.42. The molecule has 0 radical (unpaired) electrons. The van der Waals surface area contributed by atoms with Crippen LogP contribution in [0.4, 0.5) is 0 Å². The number of hydrogen-bond acceptors (Lipinski definition) is 2. The van der Waals surface area contributed by atoms with Gasteiger partial charge in [-0.25, -0.2) is 0 Å². The van der Waals surface area contributed by atoms with Gasteiger partial charge in [-0.2, -0.15) is 0 Å². The molecule has 15 heavy (non-hydrogen) atoms. The number of hydrogen-bond donors (Lipinski definition) is 0. The summed E-state index contributed by atoms with van der Waals surface area (Å²) in [7, 11) is 0. The Bertz CT molecular complexity index is 200. The van der Waals surface area contributed by atoms with E-state index in [1.54, 1.807) is 13.8 Å². The molecule has 0 aliphatic heterocycles. The van der Waals surface area contributed by atoms with Crippen molar-refractivity contribution in [2.45, 2.75) is 62.3 Å². The standard InChI is InChI=1S/2C4H9.2C2H3O.Sn/c2*1-3-4-2;2*1-2-3;/h2*1,3-4H2,2H3;2*1H3;. The first-order chi connectivity index (χ1) is 7.01. The molecule has 0 aromatic rings. The van der Waals surface area contributed by atoms with Crippen LogP contribution >= 0.6 is 0 Å². The van der Waals surface area contributed by atoms with E-state index in [0.29, 0.717) is 0 Å². The van der Waals surface area contributed by atoms with E-state index < -0.39 is 18.4 Å². The van der Waals surface area contributed by atoms with E-state index in [4.69, 9.17) is 0 Å². The van der Waals surface area contributed by atoms with Gasteiger partial charge < -0.3 is 0 Å². The summed E-state index contributed by atoms with van der Waals surface area (Å²) in [6.07, 6.45) is 4.29. The average molecular weight is 319 g/mol. The third-order valence-corrected chi connectivity index (χ3v) is 17.8. The molecular weight excluding hydrogens is 295 g/mol. The van der Waals surface area contributed by atoms with Crippen LogP contribution in [0.2, 0.25) is 8.87 Å². The van der Waals surface area contributed by atoms with Crippen LogP contribution in [0.1, 0.15) is 53.4 Å². The van der Waals surface area contributed by atoms with Gasteiger partial charge in [0, 0.05) is 0 Å². The molecule has 0 aromatic heterocycles. The molecule has 0 unspecified atom stereocenters. The van der Waals surface area contributed by atoms with E-state index in [9.17, 15) is 9.59 Å². The maximum atomic E-state index is 11.8. The molecule has 2 nitrogen and oxygen atoms in total. The van der Waals surface area contributed by atoms with Crippen LogP contribution in [0, 0.1) is 0 Å². The Morgan fingerprint density at radius 1 is 0.867 bits per heavy atom. The van der Waals surface area contributed by atoms with Gasteiger partial charge in [-0.3, -0.25) is 0 Å². The van der Waals surface area contributed by atoms with Gasteiger partial charge in [0.25, 0.3) is 0 Å². The van der Waals surface area contributed by atoms with Crippen LogP contribution in [-0.4, -0.2) is 26.0 Å². The predicted octanol–water partition coefficient (Wildman–Crippen LogP) is 3.29. The topological polar surface area (TPSA) is 34.1 Å². The van der Waals surface area contributed by atoms with Gasteiger partial charge in [0.05, 0.1) is 0 Å². The Morgan fingerprint density at radius 2 is 1.20 bits per heavy atom. The van der Waals surface area contributed by atoms with Crippen LogP contribution in [0.25, 0.3) is 0 Å². The van der Waals surface area contributed by atoms with E-state index in [1.165, 1.54) is 0 Å². The van der Waals surface area contributed by atoms with Crippen molar-refractivity contribution < 1.29 is 9.59 Å². The van der Waals surface area contributed by atoms with Crippen molar-refractivity contribution >= 4 is 26.0 Å². The number of rotatable bonds is 8. The fourth-order valence-electron chi connectivity index (χ4n) is 2.03. The SMILES string of the molecule is CCC[CH2][Sn]([CH2]CCC)([C](C)=O)[C](C)=O. The fourth-order valence-corrected chi connectivity index (χ4v) is 13.6. The van der Waals surface area contributed by atoms with Gasteiger partial charge in [-0.15, -0.1) is 0 Å². The third-order valence-electron chi connectivity index (χ3n) is 3.26. The maximum absolute atomic E-state index is 11.8.